The van der Waals surface area contributed by atoms with E-state index in [0.717, 1.165) is 51.7 Å². The van der Waals surface area contributed by atoms with Crippen molar-refractivity contribution in [3.63, 3.8) is 0 Å². The Morgan fingerprint density at radius 3 is 2.33 bits per heavy atom. The number of rotatable bonds is 9. The normalized spacial score (nSPS) is 33.0. The van der Waals surface area contributed by atoms with Crippen molar-refractivity contribution in [3.8, 4) is 0 Å². The van der Waals surface area contributed by atoms with E-state index in [1.54, 1.807) is 0 Å². The van der Waals surface area contributed by atoms with E-state index in [1.807, 2.05) is 0 Å². The van der Waals surface area contributed by atoms with Crippen LogP contribution in [0.3, 0.4) is 0 Å². The summed E-state index contributed by atoms with van der Waals surface area (Å²) >= 11 is 0. The second-order valence-electron chi connectivity index (χ2n) is 14.6. The summed E-state index contributed by atoms with van der Waals surface area (Å²) in [5, 5.41) is 0. The van der Waals surface area contributed by atoms with Crippen LogP contribution in [0, 0.1) is 29.6 Å². The highest BCUT2D eigenvalue weighted by Gasteiger charge is 2.53. The maximum Gasteiger partial charge on any atom is 0.226 e. The highest BCUT2D eigenvalue weighted by Crippen LogP contribution is 2.54. The minimum Gasteiger partial charge on any atom is -0.342 e. The minimum atomic E-state index is -0.00307. The zero-order valence-corrected chi connectivity index (χ0v) is 26.0. The van der Waals surface area contributed by atoms with Gasteiger partial charge in [0.2, 0.25) is 11.8 Å². The molecule has 2 saturated carbocycles. The summed E-state index contributed by atoms with van der Waals surface area (Å²) in [5.74, 6) is 2.68. The van der Waals surface area contributed by atoms with Crippen LogP contribution in [0.15, 0.2) is 30.3 Å². The fourth-order valence-corrected chi connectivity index (χ4v) is 9.05. The molecule has 4 nitrogen and oxygen atoms in total. The van der Waals surface area contributed by atoms with Gasteiger partial charge in [0.25, 0.3) is 0 Å². The predicted octanol–water partition coefficient (Wildman–Crippen LogP) is 8.00. The molecule has 5 rings (SSSR count). The van der Waals surface area contributed by atoms with Gasteiger partial charge in [-0.25, -0.2) is 0 Å². The van der Waals surface area contributed by atoms with Gasteiger partial charge in [0.1, 0.15) is 0 Å². The summed E-state index contributed by atoms with van der Waals surface area (Å²) in [4.78, 5) is 32.1. The number of amides is 2. The van der Waals surface area contributed by atoms with Crippen LogP contribution in [-0.2, 0) is 15.0 Å². The first-order valence-electron chi connectivity index (χ1n) is 16.9. The first kappa shape index (κ1) is 29.6. The van der Waals surface area contributed by atoms with Crippen LogP contribution in [0.1, 0.15) is 123 Å². The Hall–Kier alpha value is -1.84. The van der Waals surface area contributed by atoms with Crippen LogP contribution in [0.4, 0.5) is 0 Å². The lowest BCUT2D eigenvalue weighted by Gasteiger charge is -2.58. The molecule has 0 N–H and O–H groups in total. The molecule has 2 saturated heterocycles. The number of benzene rings is 1. The maximum atomic E-state index is 14.4. The lowest BCUT2D eigenvalue weighted by Crippen LogP contribution is -2.62. The molecule has 0 bridgehead atoms. The van der Waals surface area contributed by atoms with E-state index in [0.29, 0.717) is 30.1 Å². The number of hydrogen-bond donors (Lipinski definition) is 0. The Morgan fingerprint density at radius 1 is 0.975 bits per heavy atom. The average Bonchev–Trinajstić information content (AvgIpc) is 2.93. The molecule has 4 atom stereocenters. The van der Waals surface area contributed by atoms with Crippen molar-refractivity contribution in [3.05, 3.63) is 35.9 Å². The van der Waals surface area contributed by atoms with Gasteiger partial charge in [-0.05, 0) is 98.9 Å². The molecule has 1 spiro atoms. The molecule has 1 aromatic carbocycles. The highest BCUT2D eigenvalue weighted by molar-refractivity contribution is 5.83. The molecule has 4 fully saturated rings. The lowest BCUT2D eigenvalue weighted by atomic mass is 9.56. The number of hydrogen-bond acceptors (Lipinski definition) is 2. The number of carbonyl (C=O) groups is 2. The van der Waals surface area contributed by atoms with Gasteiger partial charge in [0.15, 0.2) is 0 Å². The second-order valence-corrected chi connectivity index (χ2v) is 14.6. The standard InChI is InChI=1S/C36H56N2O2/c1-5-11-29(4)36(31-15-7-6-8-16-31)21-19-35(20-22-36)18-17-32(34(40)38(35)26-30-13-9-14-30)28(3)24-33(39)37-23-10-12-27(2)25-37/h6-8,15-16,27-30,32H,5,9-14,17-26H2,1-4H3. The molecule has 2 heterocycles. The van der Waals surface area contributed by atoms with E-state index in [1.165, 1.54) is 56.9 Å². The van der Waals surface area contributed by atoms with Crippen molar-refractivity contribution < 1.29 is 9.59 Å². The van der Waals surface area contributed by atoms with Crippen molar-refractivity contribution in [2.24, 2.45) is 29.6 Å². The predicted molar refractivity (Wildman–Crippen MR) is 164 cm³/mol. The van der Waals surface area contributed by atoms with Gasteiger partial charge in [-0.1, -0.05) is 77.3 Å². The molecule has 4 unspecified atom stereocenters. The smallest absolute Gasteiger partial charge is 0.226 e. The van der Waals surface area contributed by atoms with Gasteiger partial charge in [0, 0.05) is 37.5 Å². The first-order chi connectivity index (χ1) is 19.3. The van der Waals surface area contributed by atoms with Crippen molar-refractivity contribution in [1.29, 1.82) is 0 Å². The molecule has 0 radical (unpaired) electrons. The van der Waals surface area contributed by atoms with Crippen LogP contribution in [0.2, 0.25) is 0 Å². The van der Waals surface area contributed by atoms with E-state index in [-0.39, 0.29) is 28.7 Å². The summed E-state index contributed by atoms with van der Waals surface area (Å²) in [7, 11) is 0. The number of carbonyl (C=O) groups excluding carboxylic acids is 2. The van der Waals surface area contributed by atoms with Crippen LogP contribution in [0.5, 0.6) is 0 Å². The van der Waals surface area contributed by atoms with E-state index in [9.17, 15) is 9.59 Å². The van der Waals surface area contributed by atoms with Gasteiger partial charge < -0.3 is 9.80 Å². The quantitative estimate of drug-likeness (QED) is 0.314. The van der Waals surface area contributed by atoms with Crippen molar-refractivity contribution in [1.82, 2.24) is 9.80 Å². The van der Waals surface area contributed by atoms with Gasteiger partial charge in [-0.15, -0.1) is 0 Å². The van der Waals surface area contributed by atoms with Crippen LogP contribution >= 0.6 is 0 Å². The molecule has 4 aliphatic rings. The van der Waals surface area contributed by atoms with Crippen LogP contribution < -0.4 is 0 Å². The van der Waals surface area contributed by atoms with Crippen molar-refractivity contribution in [2.45, 2.75) is 129 Å². The molecular weight excluding hydrogens is 492 g/mol. The Labute approximate surface area is 244 Å². The molecule has 2 aliphatic carbocycles. The van der Waals surface area contributed by atoms with E-state index >= 15 is 0 Å². The third kappa shape index (κ3) is 5.88. The fourth-order valence-electron chi connectivity index (χ4n) is 9.05. The number of likely N-dealkylation sites (tertiary alicyclic amines) is 2. The molecule has 2 aliphatic heterocycles. The Bertz CT molecular complexity index is 993. The van der Waals surface area contributed by atoms with Gasteiger partial charge in [0.05, 0.1) is 0 Å². The van der Waals surface area contributed by atoms with Crippen LogP contribution in [-0.4, -0.2) is 46.8 Å². The molecule has 4 heteroatoms. The summed E-state index contributed by atoms with van der Waals surface area (Å²) in [6.07, 6.45) is 15.9. The third-order valence-corrected chi connectivity index (χ3v) is 12.0. The van der Waals surface area contributed by atoms with Gasteiger partial charge >= 0.3 is 0 Å². The zero-order chi connectivity index (χ0) is 28.3. The average molecular weight is 549 g/mol. The zero-order valence-electron chi connectivity index (χ0n) is 26.0. The Kier molecular flexibility index (Phi) is 9.32. The molecule has 222 valence electrons. The van der Waals surface area contributed by atoms with E-state index < -0.39 is 0 Å². The van der Waals surface area contributed by atoms with Crippen molar-refractivity contribution in [2.75, 3.05) is 19.6 Å². The largest absolute Gasteiger partial charge is 0.342 e. The summed E-state index contributed by atoms with van der Waals surface area (Å²) in [5.41, 5.74) is 1.74. The second kappa shape index (κ2) is 12.6. The Morgan fingerprint density at radius 2 is 1.70 bits per heavy atom. The minimum absolute atomic E-state index is 0.00307. The summed E-state index contributed by atoms with van der Waals surface area (Å²) in [6, 6.07) is 11.3. The topological polar surface area (TPSA) is 40.6 Å². The molecular formula is C36H56N2O2. The highest BCUT2D eigenvalue weighted by atomic mass is 16.2. The van der Waals surface area contributed by atoms with Crippen LogP contribution in [0.25, 0.3) is 0 Å². The summed E-state index contributed by atoms with van der Waals surface area (Å²) in [6.45, 7) is 12.0. The first-order valence-corrected chi connectivity index (χ1v) is 16.9. The molecule has 2 amide bonds. The van der Waals surface area contributed by atoms with Gasteiger partial charge in [-0.2, -0.15) is 0 Å². The number of piperidine rings is 2. The summed E-state index contributed by atoms with van der Waals surface area (Å²) < 4.78 is 0. The van der Waals surface area contributed by atoms with E-state index in [2.05, 4.69) is 67.8 Å². The monoisotopic (exact) mass is 548 g/mol. The number of nitrogens with zero attached hydrogens (tertiary/aromatic N) is 2. The Balaban J connectivity index is 1.32. The molecule has 40 heavy (non-hydrogen) atoms. The lowest BCUT2D eigenvalue weighted by molar-refractivity contribution is -0.156. The van der Waals surface area contributed by atoms with Crippen molar-refractivity contribution >= 4 is 11.8 Å². The maximum absolute atomic E-state index is 14.4. The van der Waals surface area contributed by atoms with E-state index in [4.69, 9.17) is 0 Å². The SMILES string of the molecule is CCCC(C)C1(c2ccccc2)CCC2(CCC(C(C)CC(=O)N3CCCC(C)C3)C(=O)N2CC2CCC2)CC1. The molecule has 0 aromatic heterocycles. The fraction of sp³-hybridized carbons (Fsp3) is 0.778. The molecule has 1 aromatic rings. The third-order valence-electron chi connectivity index (χ3n) is 12.0. The van der Waals surface area contributed by atoms with Gasteiger partial charge in [-0.3, -0.25) is 9.59 Å².